The van der Waals surface area contributed by atoms with Gasteiger partial charge in [-0.05, 0) is 46.6 Å². The predicted molar refractivity (Wildman–Crippen MR) is 79.8 cm³/mol. The summed E-state index contributed by atoms with van der Waals surface area (Å²) in [5, 5.41) is 5.20. The van der Waals surface area contributed by atoms with Gasteiger partial charge >= 0.3 is 0 Å². The quantitative estimate of drug-likeness (QED) is 0.900. The number of carbonyl (C=O) groups is 2. The molecule has 0 aliphatic carbocycles. The maximum Gasteiger partial charge on any atom is 0.291 e. The average molecular weight is 337 g/mol. The lowest BCUT2D eigenvalue weighted by molar-refractivity contribution is -0.114. The Morgan fingerprint density at radius 1 is 1.15 bits per heavy atom. The van der Waals surface area contributed by atoms with Crippen molar-refractivity contribution in [2.45, 2.75) is 13.8 Å². The number of rotatable bonds is 3. The number of benzene rings is 1. The molecule has 2 amide bonds. The van der Waals surface area contributed by atoms with E-state index in [1.165, 1.54) is 19.1 Å². The third-order valence-corrected chi connectivity index (χ3v) is 3.16. The van der Waals surface area contributed by atoms with E-state index in [0.717, 1.165) is 10.0 Å². The monoisotopic (exact) mass is 336 g/mol. The van der Waals surface area contributed by atoms with Crippen LogP contribution < -0.4 is 10.6 Å². The van der Waals surface area contributed by atoms with Crippen LogP contribution in [-0.4, -0.2) is 11.8 Å². The van der Waals surface area contributed by atoms with Crippen molar-refractivity contribution in [1.82, 2.24) is 0 Å². The van der Waals surface area contributed by atoms with E-state index in [0.29, 0.717) is 5.69 Å². The summed E-state index contributed by atoms with van der Waals surface area (Å²) in [6, 6.07) is 8.63. The molecule has 5 nitrogen and oxygen atoms in total. The molecule has 0 saturated heterocycles. The van der Waals surface area contributed by atoms with Crippen molar-refractivity contribution >= 4 is 39.3 Å². The Kier molecular flexibility index (Phi) is 4.24. The molecule has 2 rings (SSSR count). The molecule has 2 aromatic rings. The van der Waals surface area contributed by atoms with Crippen molar-refractivity contribution in [2.75, 3.05) is 10.6 Å². The molecule has 0 saturated carbocycles. The van der Waals surface area contributed by atoms with Gasteiger partial charge in [0, 0.05) is 17.5 Å². The van der Waals surface area contributed by atoms with Gasteiger partial charge in [0.2, 0.25) is 5.91 Å². The lowest BCUT2D eigenvalue weighted by atomic mass is 10.2. The van der Waals surface area contributed by atoms with Crippen LogP contribution in [0.15, 0.2) is 39.2 Å². The zero-order chi connectivity index (χ0) is 14.7. The van der Waals surface area contributed by atoms with Crippen LogP contribution in [0.1, 0.15) is 23.0 Å². The van der Waals surface area contributed by atoms with Gasteiger partial charge in [0.15, 0.2) is 11.6 Å². The lowest BCUT2D eigenvalue weighted by Gasteiger charge is -2.06. The maximum atomic E-state index is 12.0. The number of carbonyl (C=O) groups excluding carboxylic acids is 2. The number of aryl methyl sites for hydroxylation is 1. The number of halogens is 1. The van der Waals surface area contributed by atoms with Crippen molar-refractivity contribution in [2.24, 2.45) is 0 Å². The third-order valence-electron chi connectivity index (χ3n) is 2.50. The smallest absolute Gasteiger partial charge is 0.291 e. The summed E-state index contributed by atoms with van der Waals surface area (Å²) in [7, 11) is 0. The summed E-state index contributed by atoms with van der Waals surface area (Å²) in [6.45, 7) is 3.33. The van der Waals surface area contributed by atoms with E-state index in [1.54, 1.807) is 6.07 Å². The number of anilines is 2. The summed E-state index contributed by atoms with van der Waals surface area (Å²) in [6.07, 6.45) is 0. The highest BCUT2D eigenvalue weighted by Crippen LogP contribution is 2.24. The molecule has 0 fully saturated rings. The largest absolute Gasteiger partial charge is 0.435 e. The van der Waals surface area contributed by atoms with Gasteiger partial charge in [-0.2, -0.15) is 0 Å². The number of hydrogen-bond donors (Lipinski definition) is 2. The number of amides is 2. The summed E-state index contributed by atoms with van der Waals surface area (Å²) in [5.74, 6) is -0.273. The molecule has 0 spiro atoms. The van der Waals surface area contributed by atoms with Crippen molar-refractivity contribution in [1.29, 1.82) is 0 Å². The van der Waals surface area contributed by atoms with Crippen molar-refractivity contribution < 1.29 is 14.0 Å². The first kappa shape index (κ1) is 14.3. The number of furan rings is 1. The van der Waals surface area contributed by atoms with Crippen LogP contribution >= 0.6 is 15.9 Å². The zero-order valence-corrected chi connectivity index (χ0v) is 12.6. The van der Waals surface area contributed by atoms with Crippen LogP contribution in [-0.2, 0) is 4.79 Å². The second kappa shape index (κ2) is 5.92. The number of nitrogens with one attached hydrogen (secondary N) is 2. The average Bonchev–Trinajstić information content (AvgIpc) is 2.80. The van der Waals surface area contributed by atoms with Gasteiger partial charge in [-0.15, -0.1) is 0 Å². The Morgan fingerprint density at radius 2 is 1.90 bits per heavy atom. The first-order valence-electron chi connectivity index (χ1n) is 5.90. The Bertz CT molecular complexity index is 664. The summed E-state index contributed by atoms with van der Waals surface area (Å²) in [5.41, 5.74) is 1.74. The van der Waals surface area contributed by atoms with Crippen molar-refractivity contribution in [3.05, 3.63) is 46.1 Å². The second-order valence-electron chi connectivity index (χ2n) is 4.28. The minimum Gasteiger partial charge on any atom is -0.435 e. The lowest BCUT2D eigenvalue weighted by Crippen LogP contribution is -2.11. The molecular weight excluding hydrogens is 324 g/mol. The van der Waals surface area contributed by atoms with Crippen LogP contribution in [0.25, 0.3) is 0 Å². The Hall–Kier alpha value is -2.08. The molecule has 0 aliphatic heterocycles. The molecule has 0 unspecified atom stereocenters. The molecule has 6 heteroatoms. The fraction of sp³-hybridized carbons (Fsp3) is 0.143. The van der Waals surface area contributed by atoms with E-state index >= 15 is 0 Å². The minimum atomic E-state index is -0.383. The van der Waals surface area contributed by atoms with Crippen LogP contribution in [0, 0.1) is 6.92 Å². The maximum absolute atomic E-state index is 12.0. The van der Waals surface area contributed by atoms with Crippen LogP contribution in [0.4, 0.5) is 11.6 Å². The van der Waals surface area contributed by atoms with Crippen molar-refractivity contribution in [3.8, 4) is 0 Å². The highest BCUT2D eigenvalue weighted by molar-refractivity contribution is 9.10. The van der Waals surface area contributed by atoms with Crippen LogP contribution in [0.5, 0.6) is 0 Å². The standard InChI is InChI=1S/C14H13BrN2O3/c1-8-3-4-11(10(15)7-8)17-14(19)12-5-6-13(20-12)16-9(2)18/h3-7H,1-2H3,(H,16,18)(H,17,19). The minimum absolute atomic E-state index is 0.126. The zero-order valence-electron chi connectivity index (χ0n) is 11.0. The highest BCUT2D eigenvalue weighted by atomic mass is 79.9. The van der Waals surface area contributed by atoms with E-state index in [4.69, 9.17) is 4.42 Å². The second-order valence-corrected chi connectivity index (χ2v) is 5.14. The van der Waals surface area contributed by atoms with Gasteiger partial charge in [0.05, 0.1) is 5.69 Å². The van der Waals surface area contributed by atoms with Gasteiger partial charge < -0.3 is 9.73 Å². The number of hydrogen-bond acceptors (Lipinski definition) is 3. The Labute approximate surface area is 124 Å². The normalized spacial score (nSPS) is 10.2. The van der Waals surface area contributed by atoms with Gasteiger partial charge in [0.25, 0.3) is 5.91 Å². The molecule has 0 aliphatic rings. The third kappa shape index (κ3) is 3.48. The van der Waals surface area contributed by atoms with Crippen LogP contribution in [0.2, 0.25) is 0 Å². The molecule has 1 aromatic carbocycles. The van der Waals surface area contributed by atoms with E-state index < -0.39 is 0 Å². The molecule has 0 radical (unpaired) electrons. The molecular formula is C14H13BrN2O3. The fourth-order valence-electron chi connectivity index (χ4n) is 1.61. The highest BCUT2D eigenvalue weighted by Gasteiger charge is 2.13. The summed E-state index contributed by atoms with van der Waals surface area (Å²) in [4.78, 5) is 22.9. The molecule has 0 atom stereocenters. The van der Waals surface area contributed by atoms with E-state index in [2.05, 4.69) is 26.6 Å². The van der Waals surface area contributed by atoms with E-state index in [1.807, 2.05) is 19.1 Å². The predicted octanol–water partition coefficient (Wildman–Crippen LogP) is 3.56. The molecule has 1 heterocycles. The summed E-state index contributed by atoms with van der Waals surface area (Å²) < 4.78 is 6.02. The fourth-order valence-corrected chi connectivity index (χ4v) is 2.20. The Balaban J connectivity index is 2.11. The Morgan fingerprint density at radius 3 is 2.55 bits per heavy atom. The van der Waals surface area contributed by atoms with Gasteiger partial charge in [0.1, 0.15) is 0 Å². The SMILES string of the molecule is CC(=O)Nc1ccc(C(=O)Nc2ccc(C)cc2Br)o1. The molecule has 20 heavy (non-hydrogen) atoms. The van der Waals surface area contributed by atoms with Crippen molar-refractivity contribution in [3.63, 3.8) is 0 Å². The molecule has 0 bridgehead atoms. The van der Waals surface area contributed by atoms with Gasteiger partial charge in [-0.25, -0.2) is 0 Å². The van der Waals surface area contributed by atoms with Crippen LogP contribution in [0.3, 0.4) is 0 Å². The van der Waals surface area contributed by atoms with Gasteiger partial charge in [-0.3, -0.25) is 14.9 Å². The first-order valence-corrected chi connectivity index (χ1v) is 6.70. The van der Waals surface area contributed by atoms with E-state index in [9.17, 15) is 9.59 Å². The van der Waals surface area contributed by atoms with Gasteiger partial charge in [-0.1, -0.05) is 6.07 Å². The first-order chi connectivity index (χ1) is 9.45. The molecule has 1 aromatic heterocycles. The van der Waals surface area contributed by atoms with E-state index in [-0.39, 0.29) is 23.5 Å². The topological polar surface area (TPSA) is 71.3 Å². The summed E-state index contributed by atoms with van der Waals surface area (Å²) >= 11 is 3.38. The molecule has 104 valence electrons. The molecule has 2 N–H and O–H groups in total.